The van der Waals surface area contributed by atoms with E-state index < -0.39 is 6.09 Å². The van der Waals surface area contributed by atoms with Gasteiger partial charge in [-0.25, -0.2) is 4.79 Å². The van der Waals surface area contributed by atoms with E-state index in [9.17, 15) is 9.59 Å². The Balaban J connectivity index is 2.02. The van der Waals surface area contributed by atoms with Crippen LogP contribution >= 0.6 is 0 Å². The number of amides is 2. The van der Waals surface area contributed by atoms with E-state index in [2.05, 4.69) is 5.32 Å². The lowest BCUT2D eigenvalue weighted by Crippen LogP contribution is -2.61. The molecule has 5 heteroatoms. The molecule has 0 aromatic heterocycles. The average molecular weight is 170 g/mol. The second-order valence-electron chi connectivity index (χ2n) is 3.42. The van der Waals surface area contributed by atoms with Crippen LogP contribution in [0.1, 0.15) is 6.42 Å². The maximum Gasteiger partial charge on any atom is 0.407 e. The molecule has 2 aliphatic heterocycles. The van der Waals surface area contributed by atoms with Crippen molar-refractivity contribution in [2.75, 3.05) is 19.6 Å². The maximum absolute atomic E-state index is 11.2. The van der Waals surface area contributed by atoms with Gasteiger partial charge >= 0.3 is 6.09 Å². The van der Waals surface area contributed by atoms with Gasteiger partial charge in [0.1, 0.15) is 0 Å². The van der Waals surface area contributed by atoms with Crippen LogP contribution in [0.2, 0.25) is 0 Å². The summed E-state index contributed by atoms with van der Waals surface area (Å²) in [5.74, 6) is 0.0139. The van der Waals surface area contributed by atoms with E-state index >= 15 is 0 Å². The van der Waals surface area contributed by atoms with Crippen molar-refractivity contribution in [3.05, 3.63) is 0 Å². The van der Waals surface area contributed by atoms with E-state index in [-0.39, 0.29) is 11.3 Å². The van der Waals surface area contributed by atoms with Crippen molar-refractivity contribution in [2.45, 2.75) is 6.42 Å². The van der Waals surface area contributed by atoms with Crippen LogP contribution in [0, 0.1) is 5.41 Å². The third-order valence-corrected chi connectivity index (χ3v) is 2.63. The number of nitrogens with one attached hydrogen (secondary N) is 1. The SMILES string of the molecule is O=C(O)N1CC2(CCNC2=O)C1. The second kappa shape index (κ2) is 2.12. The van der Waals surface area contributed by atoms with Crippen LogP contribution in [0.4, 0.5) is 4.79 Å². The van der Waals surface area contributed by atoms with Crippen LogP contribution in [-0.4, -0.2) is 41.6 Å². The highest BCUT2D eigenvalue weighted by Gasteiger charge is 2.53. The van der Waals surface area contributed by atoms with Crippen LogP contribution in [0.3, 0.4) is 0 Å². The summed E-state index contributed by atoms with van der Waals surface area (Å²) in [6, 6.07) is 0. The van der Waals surface area contributed by atoms with Gasteiger partial charge in [0.2, 0.25) is 5.91 Å². The van der Waals surface area contributed by atoms with Gasteiger partial charge < -0.3 is 15.3 Å². The first-order chi connectivity index (χ1) is 5.64. The van der Waals surface area contributed by atoms with E-state index in [0.717, 1.165) is 6.42 Å². The largest absolute Gasteiger partial charge is 0.465 e. The van der Waals surface area contributed by atoms with Gasteiger partial charge in [-0.2, -0.15) is 0 Å². The summed E-state index contributed by atoms with van der Waals surface area (Å²) < 4.78 is 0. The van der Waals surface area contributed by atoms with Crippen molar-refractivity contribution in [2.24, 2.45) is 5.41 Å². The fourth-order valence-electron chi connectivity index (χ4n) is 1.84. The molecule has 0 atom stereocenters. The van der Waals surface area contributed by atoms with Gasteiger partial charge in [-0.3, -0.25) is 4.79 Å². The normalized spacial score (nSPS) is 25.3. The molecule has 0 aromatic rings. The molecule has 66 valence electrons. The fourth-order valence-corrected chi connectivity index (χ4v) is 1.84. The Morgan fingerprint density at radius 2 is 2.25 bits per heavy atom. The number of nitrogens with zero attached hydrogens (tertiary/aromatic N) is 1. The summed E-state index contributed by atoms with van der Waals surface area (Å²) in [6.07, 6.45) is -0.157. The third-order valence-electron chi connectivity index (χ3n) is 2.63. The summed E-state index contributed by atoms with van der Waals surface area (Å²) in [4.78, 5) is 22.9. The molecule has 2 aliphatic rings. The van der Waals surface area contributed by atoms with Gasteiger partial charge in [0, 0.05) is 19.6 Å². The zero-order chi connectivity index (χ0) is 8.77. The van der Waals surface area contributed by atoms with Crippen molar-refractivity contribution in [3.63, 3.8) is 0 Å². The van der Waals surface area contributed by atoms with Crippen LogP contribution in [-0.2, 0) is 4.79 Å². The van der Waals surface area contributed by atoms with Gasteiger partial charge in [0.15, 0.2) is 0 Å². The van der Waals surface area contributed by atoms with Crippen LogP contribution in [0.25, 0.3) is 0 Å². The molecule has 2 rings (SSSR count). The van der Waals surface area contributed by atoms with E-state index in [1.54, 1.807) is 0 Å². The predicted octanol–water partition coefficient (Wildman–Crippen LogP) is -0.514. The van der Waals surface area contributed by atoms with Gasteiger partial charge in [-0.15, -0.1) is 0 Å². The molecule has 0 aliphatic carbocycles. The Hall–Kier alpha value is -1.26. The molecule has 12 heavy (non-hydrogen) atoms. The Bertz CT molecular complexity index is 245. The van der Waals surface area contributed by atoms with Crippen molar-refractivity contribution in [1.82, 2.24) is 10.2 Å². The van der Waals surface area contributed by atoms with Crippen LogP contribution in [0.5, 0.6) is 0 Å². The first kappa shape index (κ1) is 7.39. The minimum Gasteiger partial charge on any atom is -0.465 e. The molecule has 0 aromatic carbocycles. The smallest absolute Gasteiger partial charge is 0.407 e. The van der Waals surface area contributed by atoms with Crippen molar-refractivity contribution in [1.29, 1.82) is 0 Å². The lowest BCUT2D eigenvalue weighted by Gasteiger charge is -2.43. The van der Waals surface area contributed by atoms with Crippen molar-refractivity contribution >= 4 is 12.0 Å². The number of carbonyl (C=O) groups is 2. The first-order valence-corrected chi connectivity index (χ1v) is 3.90. The van der Waals surface area contributed by atoms with Gasteiger partial charge in [-0.05, 0) is 6.42 Å². The lowest BCUT2D eigenvalue weighted by atomic mass is 9.79. The highest BCUT2D eigenvalue weighted by molar-refractivity contribution is 5.88. The molecule has 2 heterocycles. The Morgan fingerprint density at radius 1 is 1.58 bits per heavy atom. The monoisotopic (exact) mass is 170 g/mol. The van der Waals surface area contributed by atoms with Crippen LogP contribution < -0.4 is 5.32 Å². The minimum absolute atomic E-state index is 0.0139. The Morgan fingerprint density at radius 3 is 2.67 bits per heavy atom. The predicted molar refractivity (Wildman–Crippen MR) is 39.7 cm³/mol. The van der Waals surface area contributed by atoms with Crippen LogP contribution in [0.15, 0.2) is 0 Å². The molecule has 0 bridgehead atoms. The van der Waals surface area contributed by atoms with Crippen molar-refractivity contribution < 1.29 is 14.7 Å². The summed E-state index contributed by atoms with van der Waals surface area (Å²) in [5, 5.41) is 11.3. The lowest BCUT2D eigenvalue weighted by molar-refractivity contribution is -0.134. The minimum atomic E-state index is -0.930. The quantitative estimate of drug-likeness (QED) is 0.514. The maximum atomic E-state index is 11.2. The molecule has 2 saturated heterocycles. The molecule has 1 spiro atoms. The zero-order valence-corrected chi connectivity index (χ0v) is 6.54. The molecular weight excluding hydrogens is 160 g/mol. The standard InChI is InChI=1S/C7H10N2O3/c10-5-7(1-2-8-5)3-9(4-7)6(11)12/h1-4H2,(H,8,10)(H,11,12). The van der Waals surface area contributed by atoms with E-state index in [1.807, 2.05) is 0 Å². The number of hydrogen-bond acceptors (Lipinski definition) is 2. The number of hydrogen-bond donors (Lipinski definition) is 2. The van der Waals surface area contributed by atoms with E-state index in [0.29, 0.717) is 19.6 Å². The summed E-state index contributed by atoms with van der Waals surface area (Å²) in [5.41, 5.74) is -0.377. The molecule has 0 saturated carbocycles. The molecular formula is C7H10N2O3. The number of carbonyl (C=O) groups excluding carboxylic acids is 1. The fraction of sp³-hybridized carbons (Fsp3) is 0.714. The summed E-state index contributed by atoms with van der Waals surface area (Å²) in [6.45, 7) is 1.43. The molecule has 0 unspecified atom stereocenters. The average Bonchev–Trinajstić information content (AvgIpc) is 2.26. The highest BCUT2D eigenvalue weighted by Crippen LogP contribution is 2.36. The number of rotatable bonds is 0. The van der Waals surface area contributed by atoms with E-state index in [1.165, 1.54) is 4.90 Å². The van der Waals surface area contributed by atoms with Gasteiger partial charge in [0.05, 0.1) is 5.41 Å². The van der Waals surface area contributed by atoms with Gasteiger partial charge in [0.25, 0.3) is 0 Å². The number of likely N-dealkylation sites (tertiary alicyclic amines) is 1. The highest BCUT2D eigenvalue weighted by atomic mass is 16.4. The van der Waals surface area contributed by atoms with E-state index in [4.69, 9.17) is 5.11 Å². The second-order valence-corrected chi connectivity index (χ2v) is 3.42. The summed E-state index contributed by atoms with van der Waals surface area (Å²) >= 11 is 0. The first-order valence-electron chi connectivity index (χ1n) is 3.90. The van der Waals surface area contributed by atoms with Crippen molar-refractivity contribution in [3.8, 4) is 0 Å². The zero-order valence-electron chi connectivity index (χ0n) is 6.54. The summed E-state index contributed by atoms with van der Waals surface area (Å²) in [7, 11) is 0. The number of carboxylic acid groups (broad SMARTS) is 1. The Kier molecular flexibility index (Phi) is 1.31. The Labute approximate surface area is 69.3 Å². The molecule has 0 radical (unpaired) electrons. The molecule has 2 fully saturated rings. The molecule has 2 amide bonds. The van der Waals surface area contributed by atoms with Gasteiger partial charge in [-0.1, -0.05) is 0 Å². The topological polar surface area (TPSA) is 69.6 Å². The third kappa shape index (κ3) is 0.790. The molecule has 2 N–H and O–H groups in total. The molecule has 5 nitrogen and oxygen atoms in total.